The fourth-order valence-electron chi connectivity index (χ4n) is 3.56. The summed E-state index contributed by atoms with van der Waals surface area (Å²) in [6.45, 7) is 1.77. The van der Waals surface area contributed by atoms with Gasteiger partial charge in [-0.05, 0) is 19.1 Å². The third-order valence-corrected chi connectivity index (χ3v) is 5.73. The number of ether oxygens (including phenoxy) is 1. The highest BCUT2D eigenvalue weighted by atomic mass is 35.5. The topological polar surface area (TPSA) is 150 Å². The minimum absolute atomic E-state index is 0.0818. The van der Waals surface area contributed by atoms with E-state index in [1.807, 2.05) is 0 Å². The number of hydrogen-bond donors (Lipinski definition) is 5. The first kappa shape index (κ1) is 23.6. The molecule has 1 aromatic carbocycles. The highest BCUT2D eigenvalue weighted by Gasteiger charge is 2.44. The largest absolute Gasteiger partial charge is 0.400 e. The third-order valence-electron chi connectivity index (χ3n) is 5.11. The highest BCUT2D eigenvalue weighted by Crippen LogP contribution is 2.36. The van der Waals surface area contributed by atoms with Crippen molar-refractivity contribution in [1.82, 2.24) is 14.8 Å². The van der Waals surface area contributed by atoms with Crippen molar-refractivity contribution >= 4 is 35.9 Å². The van der Waals surface area contributed by atoms with Crippen molar-refractivity contribution in [2.24, 2.45) is 0 Å². The van der Waals surface area contributed by atoms with E-state index in [9.17, 15) is 19.2 Å². The predicted octanol–water partition coefficient (Wildman–Crippen LogP) is 2.15. The van der Waals surface area contributed by atoms with Gasteiger partial charge in [0.25, 0.3) is 0 Å². The lowest BCUT2D eigenvalue weighted by molar-refractivity contribution is -0.0304. The van der Waals surface area contributed by atoms with Crippen molar-refractivity contribution in [3.8, 4) is 11.6 Å². The van der Waals surface area contributed by atoms with Gasteiger partial charge in [0.05, 0.1) is 23.3 Å². The number of hydrogen-bond acceptors (Lipinski definition) is 7. The molecule has 0 spiro atoms. The molecule has 0 saturated carbocycles. The van der Waals surface area contributed by atoms with E-state index < -0.39 is 38.2 Å². The van der Waals surface area contributed by atoms with Crippen molar-refractivity contribution in [3.05, 3.63) is 53.1 Å². The molecule has 3 heterocycles. The second-order valence-corrected chi connectivity index (χ2v) is 9.13. The maximum atomic E-state index is 14.2. The molecule has 0 radical (unpaired) electrons. The number of aliphatic hydroxyl groups is 2. The van der Waals surface area contributed by atoms with Gasteiger partial charge < -0.3 is 30.1 Å². The predicted molar refractivity (Wildman–Crippen MR) is 117 cm³/mol. The smallest absolute Gasteiger partial charge is 0.386 e. The Labute approximate surface area is 192 Å². The molecule has 1 saturated heterocycles. The second kappa shape index (κ2) is 9.00. The summed E-state index contributed by atoms with van der Waals surface area (Å²) >= 11 is 6.19. The van der Waals surface area contributed by atoms with Crippen molar-refractivity contribution in [1.29, 1.82) is 0 Å². The van der Waals surface area contributed by atoms with E-state index in [-0.39, 0.29) is 16.6 Å². The highest BCUT2D eigenvalue weighted by molar-refractivity contribution is 7.57. The quantitative estimate of drug-likeness (QED) is 0.208. The Morgan fingerprint density at radius 1 is 1.30 bits per heavy atom. The average Bonchev–Trinajstić information content (AvgIpc) is 3.27. The van der Waals surface area contributed by atoms with Crippen molar-refractivity contribution in [2.75, 3.05) is 5.32 Å². The fraction of sp³-hybridized carbons (Fsp3) is 0.300. The van der Waals surface area contributed by atoms with Gasteiger partial charge in [-0.3, -0.25) is 0 Å². The van der Waals surface area contributed by atoms with Gasteiger partial charge in [-0.1, -0.05) is 35.7 Å². The number of pyridine rings is 1. The third kappa shape index (κ3) is 4.88. The Hall–Kier alpha value is -2.55. The molecule has 5 N–H and O–H groups in total. The van der Waals surface area contributed by atoms with E-state index >= 15 is 0 Å². The molecule has 33 heavy (non-hydrogen) atoms. The van der Waals surface area contributed by atoms with Gasteiger partial charge in [-0.15, -0.1) is 0 Å². The molecule has 1 aliphatic rings. The fourth-order valence-corrected chi connectivity index (χ4v) is 4.04. The summed E-state index contributed by atoms with van der Waals surface area (Å²) < 4.78 is 31.9. The van der Waals surface area contributed by atoms with Crippen molar-refractivity contribution in [2.45, 2.75) is 37.5 Å². The molecule has 1 fully saturated rings. The molecule has 0 aliphatic carbocycles. The molecule has 174 valence electrons. The molecule has 0 unspecified atom stereocenters. The summed E-state index contributed by atoms with van der Waals surface area (Å²) in [6.07, 6.45) is -4.25. The van der Waals surface area contributed by atoms with Gasteiger partial charge >= 0.3 is 7.60 Å². The summed E-state index contributed by atoms with van der Waals surface area (Å²) in [4.78, 5) is 22.1. The van der Waals surface area contributed by atoms with Crippen molar-refractivity contribution in [3.63, 3.8) is 0 Å². The van der Waals surface area contributed by atoms with Gasteiger partial charge in [0.1, 0.15) is 29.3 Å². The Bertz CT molecular complexity index is 1300. The maximum Gasteiger partial charge on any atom is 0.400 e. The number of rotatable bonds is 4. The summed E-state index contributed by atoms with van der Waals surface area (Å²) in [6, 6.07) is 7.44. The van der Waals surface area contributed by atoms with Crippen LogP contribution in [0.3, 0.4) is 0 Å². The summed E-state index contributed by atoms with van der Waals surface area (Å²) in [7, 11) is -4.66. The zero-order valence-electron chi connectivity index (χ0n) is 17.0. The summed E-state index contributed by atoms with van der Waals surface area (Å²) in [5.41, 5.74) is 2.83. The number of nitrogens with zero attached hydrogens (tertiary/aromatic N) is 3. The number of aliphatic hydroxyl groups excluding tert-OH is 2. The standard InChI is InChI=1S/C20H19ClFN4O6P/c1-10(11-4-2-3-5-13(11)22)24-14-8-16(21)25-19-12(14)9-23-26(19)20-18(28)17(27)15(32-20)6-7-33(29,30)31/h2-5,8-10,15,17-18,20,27-28H,1H3,(H,24,25)(H2,29,30,31)/t10-,15+,17+,18+,20+/m0/s1. The number of aromatic nitrogens is 3. The van der Waals surface area contributed by atoms with Gasteiger partial charge in [-0.25, -0.2) is 18.6 Å². The van der Waals surface area contributed by atoms with Crippen LogP contribution in [0.2, 0.25) is 5.15 Å². The van der Waals surface area contributed by atoms with Crippen LogP contribution in [0.1, 0.15) is 24.8 Å². The van der Waals surface area contributed by atoms with Gasteiger partial charge in [0.2, 0.25) is 0 Å². The Morgan fingerprint density at radius 2 is 2.03 bits per heavy atom. The zero-order valence-corrected chi connectivity index (χ0v) is 18.7. The minimum atomic E-state index is -4.66. The molecule has 2 aromatic heterocycles. The molecule has 5 atom stereocenters. The number of fused-ring (bicyclic) bond motifs is 1. The Morgan fingerprint density at radius 3 is 2.73 bits per heavy atom. The van der Waals surface area contributed by atoms with E-state index in [1.54, 1.807) is 36.9 Å². The van der Waals surface area contributed by atoms with E-state index in [0.29, 0.717) is 16.6 Å². The zero-order chi connectivity index (χ0) is 23.9. The Balaban J connectivity index is 1.67. The van der Waals surface area contributed by atoms with E-state index in [2.05, 4.69) is 21.3 Å². The first-order chi connectivity index (χ1) is 15.5. The van der Waals surface area contributed by atoms with Crippen LogP contribution >= 0.6 is 19.2 Å². The molecule has 13 heteroatoms. The molecule has 10 nitrogen and oxygen atoms in total. The van der Waals surface area contributed by atoms with Crippen LogP contribution in [-0.2, 0) is 9.30 Å². The van der Waals surface area contributed by atoms with Gasteiger partial charge in [-0.2, -0.15) is 5.10 Å². The second-order valence-electron chi connectivity index (χ2n) is 7.44. The number of halogens is 2. The van der Waals surface area contributed by atoms with E-state index in [0.717, 1.165) is 0 Å². The van der Waals surface area contributed by atoms with Crippen LogP contribution in [0.15, 0.2) is 36.5 Å². The Kier molecular flexibility index (Phi) is 6.44. The SMILES string of the molecule is C[C@H](Nc1cc(Cl)nc2c1cnn2[C@@H]1O[C@H](C#CP(=O)(O)O)[C@@H](O)[C@H]1O)c1ccccc1F. The lowest BCUT2D eigenvalue weighted by Gasteiger charge is -2.18. The van der Waals surface area contributed by atoms with E-state index in [1.165, 1.54) is 16.9 Å². The molecule has 0 bridgehead atoms. The summed E-state index contributed by atoms with van der Waals surface area (Å²) in [5.74, 6) is 1.76. The normalized spacial score (nSPS) is 23.8. The number of anilines is 1. The monoisotopic (exact) mass is 496 g/mol. The summed E-state index contributed by atoms with van der Waals surface area (Å²) in [5, 5.41) is 28.6. The molecule has 4 rings (SSSR count). The molecular weight excluding hydrogens is 478 g/mol. The first-order valence-corrected chi connectivity index (χ1v) is 11.7. The molecular formula is C20H19ClFN4O6P. The average molecular weight is 497 g/mol. The van der Waals surface area contributed by atoms with Crippen LogP contribution in [0.4, 0.5) is 10.1 Å². The van der Waals surface area contributed by atoms with E-state index in [4.69, 9.17) is 26.1 Å². The van der Waals surface area contributed by atoms with Crippen LogP contribution in [0.25, 0.3) is 11.0 Å². The van der Waals surface area contributed by atoms with Crippen LogP contribution in [0, 0.1) is 17.4 Å². The maximum absolute atomic E-state index is 14.2. The lowest BCUT2D eigenvalue weighted by atomic mass is 10.1. The van der Waals surface area contributed by atoms with Crippen LogP contribution < -0.4 is 5.32 Å². The molecule has 0 amide bonds. The van der Waals surface area contributed by atoms with Crippen LogP contribution in [-0.4, -0.2) is 53.1 Å². The van der Waals surface area contributed by atoms with Gasteiger partial charge in [0.15, 0.2) is 11.9 Å². The van der Waals surface area contributed by atoms with Gasteiger partial charge in [0, 0.05) is 11.2 Å². The minimum Gasteiger partial charge on any atom is -0.386 e. The molecule has 3 aromatic rings. The first-order valence-electron chi connectivity index (χ1n) is 9.70. The van der Waals surface area contributed by atoms with Crippen molar-refractivity contribution < 1.29 is 33.7 Å². The van der Waals surface area contributed by atoms with Crippen LogP contribution in [0.5, 0.6) is 0 Å². The number of nitrogens with one attached hydrogen (secondary N) is 1. The number of benzene rings is 1. The molecule has 1 aliphatic heterocycles. The lowest BCUT2D eigenvalue weighted by Crippen LogP contribution is -2.31.